The number of carbonyl (C=O) groups is 1. The quantitative estimate of drug-likeness (QED) is 0.587. The number of nitrogens with one attached hydrogen (secondary N) is 1. The molecule has 4 bridgehead atoms. The highest BCUT2D eigenvalue weighted by molar-refractivity contribution is 7.92. The number of sulfonamides is 1. The van der Waals surface area contributed by atoms with Crippen LogP contribution in [0.3, 0.4) is 0 Å². The van der Waals surface area contributed by atoms with E-state index in [0.29, 0.717) is 34.9 Å². The summed E-state index contributed by atoms with van der Waals surface area (Å²) in [5.41, 5.74) is 1.12. The molecule has 4 saturated carbocycles. The Morgan fingerprint density at radius 1 is 0.943 bits per heavy atom. The summed E-state index contributed by atoms with van der Waals surface area (Å²) >= 11 is 0. The summed E-state index contributed by atoms with van der Waals surface area (Å²) in [5, 5.41) is 3.31. The minimum atomic E-state index is -4.00. The summed E-state index contributed by atoms with van der Waals surface area (Å²) in [7, 11) is -0.975. The minimum Gasteiger partial charge on any atom is -0.493 e. The molecule has 2 aromatic carbocycles. The van der Waals surface area contributed by atoms with Crippen LogP contribution >= 0.6 is 0 Å². The minimum absolute atomic E-state index is 0.139. The number of nitrogens with zero attached hydrogens (tertiary/aromatic N) is 1. The van der Waals surface area contributed by atoms with Crippen LogP contribution in [-0.4, -0.2) is 40.6 Å². The number of benzene rings is 2. The first-order valence-electron chi connectivity index (χ1n) is 12.3. The van der Waals surface area contributed by atoms with Gasteiger partial charge in [0, 0.05) is 11.6 Å². The summed E-state index contributed by atoms with van der Waals surface area (Å²) < 4.78 is 39.5. The molecule has 0 aliphatic heterocycles. The number of ether oxygens (including phenoxy) is 2. The highest BCUT2D eigenvalue weighted by Crippen LogP contribution is 2.55. The van der Waals surface area contributed by atoms with E-state index in [4.69, 9.17) is 9.47 Å². The van der Waals surface area contributed by atoms with Crippen LogP contribution in [0.2, 0.25) is 0 Å². The lowest BCUT2D eigenvalue weighted by Gasteiger charge is -2.57. The lowest BCUT2D eigenvalue weighted by molar-refractivity contribution is -0.125. The fourth-order valence-corrected chi connectivity index (χ4v) is 8.27. The maximum absolute atomic E-state index is 13.8. The smallest absolute Gasteiger partial charge is 0.264 e. The molecular formula is C27H34N2O5S. The molecule has 4 aliphatic rings. The van der Waals surface area contributed by atoms with Crippen molar-refractivity contribution in [2.24, 2.45) is 17.8 Å². The Hall–Kier alpha value is -2.74. The lowest BCUT2D eigenvalue weighted by Crippen LogP contribution is -2.61. The number of aryl methyl sites for hydroxylation is 1. The van der Waals surface area contributed by atoms with Gasteiger partial charge in [-0.05, 0) is 87.5 Å². The number of hydrogen-bond donors (Lipinski definition) is 1. The fourth-order valence-electron chi connectivity index (χ4n) is 6.86. The molecule has 35 heavy (non-hydrogen) atoms. The van der Waals surface area contributed by atoms with Crippen molar-refractivity contribution in [3.63, 3.8) is 0 Å². The van der Waals surface area contributed by atoms with Gasteiger partial charge in [-0.15, -0.1) is 0 Å². The second-order valence-electron chi connectivity index (χ2n) is 10.6. The zero-order valence-corrected chi connectivity index (χ0v) is 21.4. The van der Waals surface area contributed by atoms with E-state index in [1.165, 1.54) is 37.8 Å². The standard InChI is InChI=1S/C27H34N2O5S/c1-18-4-7-23(8-5-18)35(31,32)29(22-6-9-24(33-2)25(13-22)34-3)17-26(30)28-27-14-19-10-20(15-27)12-21(11-19)16-27/h4-9,13,19-21H,10-12,14-17H2,1-3H3,(H,28,30). The van der Waals surface area contributed by atoms with E-state index in [1.807, 2.05) is 6.92 Å². The molecule has 188 valence electrons. The van der Waals surface area contributed by atoms with E-state index in [0.717, 1.165) is 24.8 Å². The predicted octanol–water partition coefficient (Wildman–Crippen LogP) is 4.29. The number of carbonyl (C=O) groups excluding carboxylic acids is 1. The van der Waals surface area contributed by atoms with Gasteiger partial charge in [-0.1, -0.05) is 17.7 Å². The number of anilines is 1. The molecule has 0 unspecified atom stereocenters. The molecular weight excluding hydrogens is 464 g/mol. The van der Waals surface area contributed by atoms with Crippen molar-refractivity contribution < 1.29 is 22.7 Å². The van der Waals surface area contributed by atoms with Gasteiger partial charge in [-0.3, -0.25) is 9.10 Å². The molecule has 0 radical (unpaired) electrons. The van der Waals surface area contributed by atoms with Crippen molar-refractivity contribution in [2.45, 2.75) is 55.9 Å². The highest BCUT2D eigenvalue weighted by Gasteiger charge is 2.51. The molecule has 4 aliphatic carbocycles. The van der Waals surface area contributed by atoms with Crippen LogP contribution < -0.4 is 19.1 Å². The topological polar surface area (TPSA) is 84.9 Å². The molecule has 0 heterocycles. The monoisotopic (exact) mass is 498 g/mol. The third-order valence-corrected chi connectivity index (χ3v) is 9.78. The van der Waals surface area contributed by atoms with Crippen molar-refractivity contribution >= 4 is 21.6 Å². The lowest BCUT2D eigenvalue weighted by atomic mass is 9.53. The van der Waals surface area contributed by atoms with Gasteiger partial charge in [0.1, 0.15) is 6.54 Å². The summed E-state index contributed by atoms with van der Waals surface area (Å²) in [5.74, 6) is 2.66. The summed E-state index contributed by atoms with van der Waals surface area (Å²) in [4.78, 5) is 13.6. The molecule has 0 aromatic heterocycles. The highest BCUT2D eigenvalue weighted by atomic mass is 32.2. The summed E-state index contributed by atoms with van der Waals surface area (Å²) in [6.45, 7) is 1.61. The average molecular weight is 499 g/mol. The van der Waals surface area contributed by atoms with Gasteiger partial charge in [-0.25, -0.2) is 8.42 Å². The Balaban J connectivity index is 1.45. The molecule has 1 amide bonds. The Morgan fingerprint density at radius 3 is 2.06 bits per heavy atom. The Bertz CT molecular complexity index is 1170. The van der Waals surface area contributed by atoms with Crippen LogP contribution in [0, 0.1) is 24.7 Å². The van der Waals surface area contributed by atoms with Gasteiger partial charge < -0.3 is 14.8 Å². The van der Waals surface area contributed by atoms with Crippen LogP contribution in [0.15, 0.2) is 47.4 Å². The zero-order valence-electron chi connectivity index (χ0n) is 20.6. The van der Waals surface area contributed by atoms with Crippen molar-refractivity contribution in [1.82, 2.24) is 5.32 Å². The van der Waals surface area contributed by atoms with E-state index < -0.39 is 10.0 Å². The second-order valence-corrected chi connectivity index (χ2v) is 12.5. The molecule has 4 fully saturated rings. The molecule has 2 aromatic rings. The molecule has 7 nitrogen and oxygen atoms in total. The molecule has 6 rings (SSSR count). The van der Waals surface area contributed by atoms with E-state index in [9.17, 15) is 13.2 Å². The van der Waals surface area contributed by atoms with Gasteiger partial charge in [0.05, 0.1) is 24.8 Å². The SMILES string of the molecule is COc1ccc(N(CC(=O)NC23CC4CC(CC(C4)C2)C3)S(=O)(=O)c2ccc(C)cc2)cc1OC. The molecule has 1 N–H and O–H groups in total. The van der Waals surface area contributed by atoms with Gasteiger partial charge in [0.2, 0.25) is 5.91 Å². The Kier molecular flexibility index (Phi) is 6.20. The third-order valence-electron chi connectivity index (χ3n) is 7.99. The summed E-state index contributed by atoms with van der Waals surface area (Å²) in [6.07, 6.45) is 6.83. The Morgan fingerprint density at radius 2 is 1.51 bits per heavy atom. The van der Waals surface area contributed by atoms with E-state index >= 15 is 0 Å². The molecule has 0 spiro atoms. The zero-order chi connectivity index (χ0) is 24.8. The Labute approximate surface area is 207 Å². The first-order valence-corrected chi connectivity index (χ1v) is 13.8. The predicted molar refractivity (Wildman–Crippen MR) is 134 cm³/mol. The first kappa shape index (κ1) is 24.0. The van der Waals surface area contributed by atoms with E-state index in [-0.39, 0.29) is 22.9 Å². The van der Waals surface area contributed by atoms with Crippen molar-refractivity contribution in [3.8, 4) is 11.5 Å². The molecule has 0 atom stereocenters. The van der Waals surface area contributed by atoms with Crippen molar-refractivity contribution in [3.05, 3.63) is 48.0 Å². The number of hydrogen-bond acceptors (Lipinski definition) is 5. The maximum atomic E-state index is 13.8. The third kappa shape index (κ3) is 4.60. The number of methoxy groups -OCH3 is 2. The van der Waals surface area contributed by atoms with Gasteiger partial charge in [-0.2, -0.15) is 0 Å². The van der Waals surface area contributed by atoms with E-state index in [2.05, 4.69) is 5.32 Å². The van der Waals surface area contributed by atoms with Crippen molar-refractivity contribution in [1.29, 1.82) is 0 Å². The average Bonchev–Trinajstić information content (AvgIpc) is 2.81. The maximum Gasteiger partial charge on any atom is 0.264 e. The van der Waals surface area contributed by atoms with Crippen LogP contribution in [-0.2, 0) is 14.8 Å². The van der Waals surface area contributed by atoms with E-state index in [1.54, 1.807) is 42.5 Å². The summed E-state index contributed by atoms with van der Waals surface area (Å²) in [6, 6.07) is 11.6. The van der Waals surface area contributed by atoms with Gasteiger partial charge >= 0.3 is 0 Å². The normalized spacial score (nSPS) is 26.9. The molecule has 8 heteroatoms. The second kappa shape index (κ2) is 9.04. The number of amides is 1. The van der Waals surface area contributed by atoms with Crippen LogP contribution in [0.1, 0.15) is 44.1 Å². The van der Waals surface area contributed by atoms with Gasteiger partial charge in [0.25, 0.3) is 10.0 Å². The first-order chi connectivity index (χ1) is 16.7. The molecule has 0 saturated heterocycles. The number of rotatable bonds is 8. The van der Waals surface area contributed by atoms with Crippen LogP contribution in [0.5, 0.6) is 11.5 Å². The largest absolute Gasteiger partial charge is 0.493 e. The van der Waals surface area contributed by atoms with Crippen molar-refractivity contribution in [2.75, 3.05) is 25.1 Å². The van der Waals surface area contributed by atoms with Crippen LogP contribution in [0.4, 0.5) is 5.69 Å². The fraction of sp³-hybridized carbons (Fsp3) is 0.519. The van der Waals surface area contributed by atoms with Crippen LogP contribution in [0.25, 0.3) is 0 Å². The van der Waals surface area contributed by atoms with Gasteiger partial charge in [0.15, 0.2) is 11.5 Å².